The van der Waals surface area contributed by atoms with Crippen molar-refractivity contribution in [1.82, 2.24) is 5.32 Å². The van der Waals surface area contributed by atoms with Gasteiger partial charge in [-0.1, -0.05) is 49.1 Å². The average molecular weight is 307 g/mol. The molecule has 21 heavy (non-hydrogen) atoms. The fourth-order valence-electron chi connectivity index (χ4n) is 2.80. The van der Waals surface area contributed by atoms with Gasteiger partial charge in [0.25, 0.3) is 0 Å². The summed E-state index contributed by atoms with van der Waals surface area (Å²) in [6.45, 7) is 0.435. The summed E-state index contributed by atoms with van der Waals surface area (Å²) in [6, 6.07) is 7.79. The number of aliphatic hydroxyl groups excluding tert-OH is 1. The summed E-state index contributed by atoms with van der Waals surface area (Å²) in [5, 5.41) is 21.0. The van der Waals surface area contributed by atoms with E-state index in [1.54, 1.807) is 6.08 Å². The van der Waals surface area contributed by atoms with Crippen LogP contribution >= 0.6 is 11.6 Å². The molecule has 0 amide bonds. The van der Waals surface area contributed by atoms with E-state index < -0.39 is 0 Å². The summed E-state index contributed by atoms with van der Waals surface area (Å²) in [6.07, 6.45) is 7.86. The Morgan fingerprint density at radius 2 is 2.00 bits per heavy atom. The van der Waals surface area contributed by atoms with Crippen molar-refractivity contribution in [2.24, 2.45) is 5.92 Å². The first-order valence-electron chi connectivity index (χ1n) is 7.58. The highest BCUT2D eigenvalue weighted by Gasteiger charge is 2.18. The van der Waals surface area contributed by atoms with Crippen LogP contribution in [0.5, 0.6) is 0 Å². The summed E-state index contributed by atoms with van der Waals surface area (Å²) >= 11 is 6.18. The Kier molecular flexibility index (Phi) is 6.27. The number of halogens is 1. The molecule has 1 aliphatic rings. The molecular weight excluding hydrogens is 284 g/mol. The SMILES string of the molecule is N=C(/C=C(\NCc1ccccc1Cl)C1CCCCC1)CO. The molecular formula is C17H23ClN2O. The topological polar surface area (TPSA) is 56.1 Å². The van der Waals surface area contributed by atoms with Crippen LogP contribution in [0.1, 0.15) is 37.7 Å². The number of benzene rings is 1. The third-order valence-corrected chi connectivity index (χ3v) is 4.35. The van der Waals surface area contributed by atoms with Crippen molar-refractivity contribution in [3.63, 3.8) is 0 Å². The quantitative estimate of drug-likeness (QED) is 0.698. The van der Waals surface area contributed by atoms with E-state index in [0.717, 1.165) is 29.1 Å². The van der Waals surface area contributed by atoms with Crippen molar-refractivity contribution in [3.8, 4) is 0 Å². The van der Waals surface area contributed by atoms with Crippen LogP contribution in [0.2, 0.25) is 5.02 Å². The number of nitrogens with one attached hydrogen (secondary N) is 2. The average Bonchev–Trinajstić information content (AvgIpc) is 2.53. The number of hydrogen-bond donors (Lipinski definition) is 3. The highest BCUT2D eigenvalue weighted by atomic mass is 35.5. The smallest absolute Gasteiger partial charge is 0.0846 e. The highest BCUT2D eigenvalue weighted by molar-refractivity contribution is 6.31. The Morgan fingerprint density at radius 1 is 1.29 bits per heavy atom. The van der Waals surface area contributed by atoms with Crippen LogP contribution in [-0.4, -0.2) is 17.4 Å². The third-order valence-electron chi connectivity index (χ3n) is 3.99. The second-order valence-corrected chi connectivity index (χ2v) is 5.97. The standard InChI is InChI=1S/C17H23ClN2O/c18-16-9-5-4-8-14(16)11-20-17(10-15(19)12-21)13-6-2-1-3-7-13/h4-5,8-10,13,19-21H,1-3,6-7,11-12H2/b17-10-,19-15?. The summed E-state index contributed by atoms with van der Waals surface area (Å²) in [7, 11) is 0. The molecule has 1 saturated carbocycles. The first-order valence-corrected chi connectivity index (χ1v) is 7.95. The van der Waals surface area contributed by atoms with Gasteiger partial charge in [0.1, 0.15) is 0 Å². The molecule has 0 saturated heterocycles. The molecule has 1 aliphatic carbocycles. The monoisotopic (exact) mass is 306 g/mol. The largest absolute Gasteiger partial charge is 0.390 e. The van der Waals surface area contributed by atoms with Gasteiger partial charge in [0, 0.05) is 17.3 Å². The molecule has 0 heterocycles. The predicted octanol–water partition coefficient (Wildman–Crippen LogP) is 3.91. The van der Waals surface area contributed by atoms with Gasteiger partial charge in [-0.3, -0.25) is 0 Å². The lowest BCUT2D eigenvalue weighted by Gasteiger charge is -2.26. The van der Waals surface area contributed by atoms with E-state index in [4.69, 9.17) is 22.1 Å². The molecule has 2 rings (SSSR count). The van der Waals surface area contributed by atoms with Gasteiger partial charge < -0.3 is 15.8 Å². The van der Waals surface area contributed by atoms with Crippen molar-refractivity contribution < 1.29 is 5.11 Å². The van der Waals surface area contributed by atoms with Gasteiger partial charge in [0.2, 0.25) is 0 Å². The van der Waals surface area contributed by atoms with Crippen LogP contribution in [0.4, 0.5) is 0 Å². The number of allylic oxidation sites excluding steroid dienone is 1. The Bertz CT molecular complexity index is 507. The number of rotatable bonds is 6. The minimum absolute atomic E-state index is 0.218. The van der Waals surface area contributed by atoms with Crippen molar-refractivity contribution in [1.29, 1.82) is 5.41 Å². The maximum atomic E-state index is 9.09. The maximum absolute atomic E-state index is 9.09. The Labute approximate surface area is 131 Å². The summed E-state index contributed by atoms with van der Waals surface area (Å²) in [5.41, 5.74) is 2.37. The molecule has 1 aromatic rings. The number of hydrogen-bond acceptors (Lipinski definition) is 3. The van der Waals surface area contributed by atoms with Crippen LogP contribution in [0, 0.1) is 11.3 Å². The molecule has 1 aromatic carbocycles. The van der Waals surface area contributed by atoms with Crippen molar-refractivity contribution in [3.05, 3.63) is 46.6 Å². The zero-order valence-electron chi connectivity index (χ0n) is 12.2. The van der Waals surface area contributed by atoms with Crippen LogP contribution in [0.25, 0.3) is 0 Å². The minimum atomic E-state index is -0.218. The van der Waals surface area contributed by atoms with Gasteiger partial charge in [0.05, 0.1) is 12.3 Å². The van der Waals surface area contributed by atoms with E-state index in [1.807, 2.05) is 24.3 Å². The van der Waals surface area contributed by atoms with E-state index in [2.05, 4.69) is 5.32 Å². The van der Waals surface area contributed by atoms with E-state index in [0.29, 0.717) is 12.5 Å². The zero-order valence-corrected chi connectivity index (χ0v) is 13.0. The first-order chi connectivity index (χ1) is 10.2. The van der Waals surface area contributed by atoms with Crippen molar-refractivity contribution in [2.75, 3.05) is 6.61 Å². The molecule has 1 fully saturated rings. The molecule has 0 spiro atoms. The zero-order chi connectivity index (χ0) is 15.1. The first kappa shape index (κ1) is 16.1. The molecule has 0 aromatic heterocycles. The molecule has 0 aliphatic heterocycles. The second-order valence-electron chi connectivity index (χ2n) is 5.56. The summed E-state index contributed by atoms with van der Waals surface area (Å²) in [5.74, 6) is 0.466. The molecule has 0 unspecified atom stereocenters. The molecule has 4 heteroatoms. The highest BCUT2D eigenvalue weighted by Crippen LogP contribution is 2.29. The fourth-order valence-corrected chi connectivity index (χ4v) is 3.00. The van der Waals surface area contributed by atoms with Crippen molar-refractivity contribution in [2.45, 2.75) is 38.6 Å². The van der Waals surface area contributed by atoms with Crippen LogP contribution in [-0.2, 0) is 6.54 Å². The summed E-state index contributed by atoms with van der Waals surface area (Å²) < 4.78 is 0. The molecule has 0 radical (unpaired) electrons. The lowest BCUT2D eigenvalue weighted by Crippen LogP contribution is -2.23. The summed E-state index contributed by atoms with van der Waals surface area (Å²) in [4.78, 5) is 0. The van der Waals surface area contributed by atoms with Gasteiger partial charge in [0.15, 0.2) is 0 Å². The van der Waals surface area contributed by atoms with E-state index in [-0.39, 0.29) is 12.3 Å². The van der Waals surface area contributed by atoms with Crippen LogP contribution in [0.15, 0.2) is 36.0 Å². The predicted molar refractivity (Wildman–Crippen MR) is 87.8 cm³/mol. The van der Waals surface area contributed by atoms with Crippen LogP contribution < -0.4 is 5.32 Å². The molecule has 114 valence electrons. The minimum Gasteiger partial charge on any atom is -0.390 e. The van der Waals surface area contributed by atoms with Gasteiger partial charge in [-0.25, -0.2) is 0 Å². The van der Waals surface area contributed by atoms with Gasteiger partial charge in [-0.05, 0) is 36.5 Å². The van der Waals surface area contributed by atoms with Gasteiger partial charge in [-0.15, -0.1) is 0 Å². The van der Waals surface area contributed by atoms with Gasteiger partial charge >= 0.3 is 0 Å². The third kappa shape index (κ3) is 4.87. The molecule has 3 N–H and O–H groups in total. The maximum Gasteiger partial charge on any atom is 0.0846 e. The second kappa shape index (κ2) is 8.20. The van der Waals surface area contributed by atoms with E-state index >= 15 is 0 Å². The Balaban J connectivity index is 2.07. The normalized spacial score (nSPS) is 16.8. The van der Waals surface area contributed by atoms with E-state index in [1.165, 1.54) is 19.3 Å². The molecule has 0 atom stereocenters. The van der Waals surface area contributed by atoms with Crippen LogP contribution in [0.3, 0.4) is 0 Å². The Hall–Kier alpha value is -1.32. The Morgan fingerprint density at radius 3 is 2.67 bits per heavy atom. The van der Waals surface area contributed by atoms with Crippen molar-refractivity contribution >= 4 is 17.3 Å². The lowest BCUT2D eigenvalue weighted by molar-refractivity contribution is 0.356. The number of aliphatic hydroxyl groups is 1. The fraction of sp³-hybridized carbons (Fsp3) is 0.471. The molecule has 0 bridgehead atoms. The van der Waals surface area contributed by atoms with Gasteiger partial charge in [-0.2, -0.15) is 0 Å². The molecule has 3 nitrogen and oxygen atoms in total. The lowest BCUT2D eigenvalue weighted by atomic mass is 9.86. The van der Waals surface area contributed by atoms with E-state index in [9.17, 15) is 0 Å².